The van der Waals surface area contributed by atoms with Crippen LogP contribution in [-0.4, -0.2) is 5.25 Å². The molecule has 0 aliphatic heterocycles. The van der Waals surface area contributed by atoms with E-state index >= 15 is 0 Å². The predicted molar refractivity (Wildman–Crippen MR) is 54.7 cm³/mol. The maximum Gasteiger partial charge on any atom is 0.0562 e. The van der Waals surface area contributed by atoms with E-state index in [-0.39, 0.29) is 0 Å². The van der Waals surface area contributed by atoms with Gasteiger partial charge in [0.15, 0.2) is 0 Å². The number of nitrogen functional groups attached to an aromatic ring is 1. The van der Waals surface area contributed by atoms with Gasteiger partial charge in [-0.05, 0) is 31.0 Å². The number of rotatable bonds is 2. The summed E-state index contributed by atoms with van der Waals surface area (Å²) in [6, 6.07) is 5.71. The molecule has 1 nitrogen and oxygen atoms in total. The highest BCUT2D eigenvalue weighted by Crippen LogP contribution is 2.42. The Labute approximate surface area is 81.3 Å². The summed E-state index contributed by atoms with van der Waals surface area (Å²) in [5.41, 5.74) is 6.32. The lowest BCUT2D eigenvalue weighted by molar-refractivity contribution is 1.42. The molecule has 1 aromatic rings. The van der Waals surface area contributed by atoms with Gasteiger partial charge >= 0.3 is 0 Å². The van der Waals surface area contributed by atoms with Crippen molar-refractivity contribution >= 4 is 29.1 Å². The van der Waals surface area contributed by atoms with E-state index in [0.29, 0.717) is 0 Å². The Balaban J connectivity index is 2.18. The molecule has 12 heavy (non-hydrogen) atoms. The van der Waals surface area contributed by atoms with Gasteiger partial charge in [-0.2, -0.15) is 0 Å². The molecule has 2 N–H and O–H groups in total. The third-order valence-electron chi connectivity index (χ3n) is 1.77. The van der Waals surface area contributed by atoms with Crippen LogP contribution in [0.5, 0.6) is 0 Å². The Hall–Kier alpha value is -0.340. The molecule has 0 bridgehead atoms. The summed E-state index contributed by atoms with van der Waals surface area (Å²) in [5.74, 6) is 0. The van der Waals surface area contributed by atoms with Crippen LogP contribution in [-0.2, 0) is 0 Å². The molecule has 1 aromatic carbocycles. The van der Waals surface area contributed by atoms with E-state index in [4.69, 9.17) is 17.3 Å². The van der Waals surface area contributed by atoms with Gasteiger partial charge in [-0.15, -0.1) is 11.8 Å². The Morgan fingerprint density at radius 3 is 2.75 bits per heavy atom. The lowest BCUT2D eigenvalue weighted by atomic mass is 10.3. The molecule has 64 valence electrons. The number of hydrogen-bond acceptors (Lipinski definition) is 2. The molecule has 2 rings (SSSR count). The smallest absolute Gasteiger partial charge is 0.0562 e. The zero-order chi connectivity index (χ0) is 8.55. The van der Waals surface area contributed by atoms with Crippen molar-refractivity contribution in [3.05, 3.63) is 23.2 Å². The minimum Gasteiger partial charge on any atom is -0.399 e. The van der Waals surface area contributed by atoms with Gasteiger partial charge in [0, 0.05) is 15.8 Å². The molecule has 0 unspecified atom stereocenters. The normalized spacial score (nSPS) is 16.4. The molecule has 0 radical (unpaired) electrons. The van der Waals surface area contributed by atoms with Crippen LogP contribution in [0.2, 0.25) is 5.02 Å². The zero-order valence-electron chi connectivity index (χ0n) is 6.59. The van der Waals surface area contributed by atoms with Crippen LogP contribution >= 0.6 is 23.4 Å². The molecule has 1 aliphatic rings. The molecule has 1 saturated carbocycles. The highest BCUT2D eigenvalue weighted by atomic mass is 35.5. The van der Waals surface area contributed by atoms with Gasteiger partial charge in [-0.3, -0.25) is 0 Å². The number of benzene rings is 1. The van der Waals surface area contributed by atoms with Crippen molar-refractivity contribution in [1.29, 1.82) is 0 Å². The first-order valence-corrected chi connectivity index (χ1v) is 5.23. The second-order valence-electron chi connectivity index (χ2n) is 3.01. The van der Waals surface area contributed by atoms with Gasteiger partial charge in [0.1, 0.15) is 0 Å². The van der Waals surface area contributed by atoms with Gasteiger partial charge < -0.3 is 5.73 Å². The van der Waals surface area contributed by atoms with Crippen LogP contribution in [0.25, 0.3) is 0 Å². The van der Waals surface area contributed by atoms with Crippen molar-refractivity contribution in [3.63, 3.8) is 0 Å². The van der Waals surface area contributed by atoms with Gasteiger partial charge in [0.25, 0.3) is 0 Å². The van der Waals surface area contributed by atoms with Crippen LogP contribution in [0.15, 0.2) is 23.1 Å². The second kappa shape index (κ2) is 3.19. The molecule has 0 atom stereocenters. The maximum absolute atomic E-state index is 6.00. The highest BCUT2D eigenvalue weighted by Gasteiger charge is 2.23. The highest BCUT2D eigenvalue weighted by molar-refractivity contribution is 8.00. The third-order valence-corrected chi connectivity index (χ3v) is 3.61. The summed E-state index contributed by atoms with van der Waals surface area (Å²) in [7, 11) is 0. The van der Waals surface area contributed by atoms with Crippen molar-refractivity contribution in [2.24, 2.45) is 0 Å². The van der Waals surface area contributed by atoms with Crippen molar-refractivity contribution in [2.75, 3.05) is 5.73 Å². The van der Waals surface area contributed by atoms with E-state index < -0.39 is 0 Å². The van der Waals surface area contributed by atoms with E-state index in [2.05, 4.69) is 0 Å². The molecule has 0 aromatic heterocycles. The molecule has 3 heteroatoms. The number of anilines is 1. The minimum absolute atomic E-state index is 0.736. The van der Waals surface area contributed by atoms with E-state index in [1.165, 1.54) is 12.8 Å². The summed E-state index contributed by atoms with van der Waals surface area (Å²) in [6.07, 6.45) is 2.65. The topological polar surface area (TPSA) is 26.0 Å². The van der Waals surface area contributed by atoms with E-state index in [9.17, 15) is 0 Å². The lowest BCUT2D eigenvalue weighted by Crippen LogP contribution is -1.85. The number of hydrogen-bond donors (Lipinski definition) is 1. The van der Waals surface area contributed by atoms with Crippen molar-refractivity contribution in [3.8, 4) is 0 Å². The fourth-order valence-electron chi connectivity index (χ4n) is 0.978. The van der Waals surface area contributed by atoms with Gasteiger partial charge in [-0.25, -0.2) is 0 Å². The van der Waals surface area contributed by atoms with Crippen LogP contribution in [0.1, 0.15) is 12.8 Å². The predicted octanol–water partition coefficient (Wildman–Crippen LogP) is 3.18. The van der Waals surface area contributed by atoms with Crippen molar-refractivity contribution < 1.29 is 0 Å². The van der Waals surface area contributed by atoms with Crippen LogP contribution in [0.4, 0.5) is 5.69 Å². The Morgan fingerprint density at radius 2 is 2.17 bits per heavy atom. The Kier molecular flexibility index (Phi) is 2.20. The molecule has 1 fully saturated rings. The molecule has 1 aliphatic carbocycles. The molecule has 0 heterocycles. The van der Waals surface area contributed by atoms with E-state index in [1.807, 2.05) is 30.0 Å². The standard InChI is InChI=1S/C9H10ClNS/c10-8-5-6(11)1-4-9(8)12-7-2-3-7/h1,4-5,7H,2-3,11H2. The Morgan fingerprint density at radius 1 is 1.42 bits per heavy atom. The average Bonchev–Trinajstić information content (AvgIpc) is 2.79. The molecular weight excluding hydrogens is 190 g/mol. The molecule has 0 amide bonds. The Bertz CT molecular complexity index is 297. The van der Waals surface area contributed by atoms with E-state index in [0.717, 1.165) is 20.9 Å². The first-order chi connectivity index (χ1) is 5.75. The van der Waals surface area contributed by atoms with E-state index in [1.54, 1.807) is 0 Å². The van der Waals surface area contributed by atoms with Crippen molar-refractivity contribution in [1.82, 2.24) is 0 Å². The van der Waals surface area contributed by atoms with Crippen LogP contribution < -0.4 is 5.73 Å². The summed E-state index contributed by atoms with van der Waals surface area (Å²) >= 11 is 7.86. The second-order valence-corrected chi connectivity index (χ2v) is 4.76. The fourth-order valence-corrected chi connectivity index (χ4v) is 2.35. The van der Waals surface area contributed by atoms with Crippen LogP contribution in [0, 0.1) is 0 Å². The summed E-state index contributed by atoms with van der Waals surface area (Å²) in [4.78, 5) is 1.16. The maximum atomic E-state index is 6.00. The molecule has 0 saturated heterocycles. The van der Waals surface area contributed by atoms with Crippen LogP contribution in [0.3, 0.4) is 0 Å². The fraction of sp³-hybridized carbons (Fsp3) is 0.333. The van der Waals surface area contributed by atoms with Gasteiger partial charge in [0.2, 0.25) is 0 Å². The minimum atomic E-state index is 0.736. The quantitative estimate of drug-likeness (QED) is 0.741. The largest absolute Gasteiger partial charge is 0.399 e. The molecule has 0 spiro atoms. The van der Waals surface area contributed by atoms with Gasteiger partial charge in [-0.1, -0.05) is 11.6 Å². The summed E-state index contributed by atoms with van der Waals surface area (Å²) < 4.78 is 0. The number of nitrogens with two attached hydrogens (primary N) is 1. The third kappa shape index (κ3) is 1.87. The monoisotopic (exact) mass is 199 g/mol. The first-order valence-electron chi connectivity index (χ1n) is 3.97. The van der Waals surface area contributed by atoms with Gasteiger partial charge in [0.05, 0.1) is 5.02 Å². The average molecular weight is 200 g/mol. The summed E-state index contributed by atoms with van der Waals surface area (Å²) in [6.45, 7) is 0. The SMILES string of the molecule is Nc1ccc(SC2CC2)c(Cl)c1. The van der Waals surface area contributed by atoms with Crippen molar-refractivity contribution in [2.45, 2.75) is 23.0 Å². The lowest BCUT2D eigenvalue weighted by Gasteiger charge is -2.02. The number of thioether (sulfide) groups is 1. The first kappa shape index (κ1) is 8.27. The summed E-state index contributed by atoms with van der Waals surface area (Å²) in [5, 5.41) is 1.58. The number of halogens is 1. The zero-order valence-corrected chi connectivity index (χ0v) is 8.16. The molecular formula is C9H10ClNS.